The Bertz CT molecular complexity index is 1350. The molecule has 3 aromatic rings. The summed E-state index contributed by atoms with van der Waals surface area (Å²) in [6, 6.07) is 19.3. The molecule has 3 aromatic carbocycles. The van der Waals surface area contributed by atoms with Crippen LogP contribution in [0, 0.1) is 19.8 Å². The summed E-state index contributed by atoms with van der Waals surface area (Å²) >= 11 is 0. The van der Waals surface area contributed by atoms with Crippen LogP contribution in [0.25, 0.3) is 0 Å². The van der Waals surface area contributed by atoms with E-state index in [9.17, 15) is 8.42 Å². The highest BCUT2D eigenvalue weighted by molar-refractivity contribution is 7.92. The zero-order chi connectivity index (χ0) is 23.2. The Morgan fingerprint density at radius 2 is 1.85 bits per heavy atom. The molecule has 5 rings (SSSR count). The number of aryl methyl sites for hydroxylation is 2. The van der Waals surface area contributed by atoms with Gasteiger partial charge in [-0.05, 0) is 90.9 Å². The third kappa shape index (κ3) is 4.00. The van der Waals surface area contributed by atoms with Crippen molar-refractivity contribution in [3.63, 3.8) is 0 Å². The van der Waals surface area contributed by atoms with Crippen molar-refractivity contribution in [1.82, 2.24) is 0 Å². The Morgan fingerprint density at radius 3 is 2.64 bits per heavy atom. The van der Waals surface area contributed by atoms with Gasteiger partial charge in [-0.1, -0.05) is 30.4 Å². The number of sulfonamides is 1. The van der Waals surface area contributed by atoms with E-state index >= 15 is 0 Å². The van der Waals surface area contributed by atoms with Crippen molar-refractivity contribution in [2.24, 2.45) is 5.92 Å². The maximum atomic E-state index is 13.2. The fourth-order valence-electron chi connectivity index (χ4n) is 4.92. The van der Waals surface area contributed by atoms with E-state index in [1.807, 2.05) is 50.2 Å². The van der Waals surface area contributed by atoms with Crippen LogP contribution in [0.5, 0.6) is 5.75 Å². The first-order valence-electron chi connectivity index (χ1n) is 11.2. The van der Waals surface area contributed by atoms with E-state index in [0.29, 0.717) is 11.6 Å². The van der Waals surface area contributed by atoms with Gasteiger partial charge in [0.05, 0.1) is 18.0 Å². The molecular weight excluding hydrogens is 432 g/mol. The molecule has 6 heteroatoms. The van der Waals surface area contributed by atoms with E-state index in [4.69, 9.17) is 4.74 Å². The lowest BCUT2D eigenvalue weighted by atomic mass is 9.77. The molecule has 170 valence electrons. The number of allylic oxidation sites excluding steroid dienone is 2. The van der Waals surface area contributed by atoms with E-state index in [1.54, 1.807) is 19.2 Å². The topological polar surface area (TPSA) is 67.4 Å². The number of rotatable bonds is 5. The average molecular weight is 461 g/mol. The van der Waals surface area contributed by atoms with Crippen LogP contribution in [0.3, 0.4) is 0 Å². The monoisotopic (exact) mass is 460 g/mol. The summed E-state index contributed by atoms with van der Waals surface area (Å²) in [6.45, 7) is 3.98. The van der Waals surface area contributed by atoms with Crippen molar-refractivity contribution >= 4 is 21.4 Å². The van der Waals surface area contributed by atoms with Crippen LogP contribution in [-0.2, 0) is 10.0 Å². The third-order valence-electron chi connectivity index (χ3n) is 6.86. The molecule has 0 fully saturated rings. The second-order valence-electron chi connectivity index (χ2n) is 8.91. The van der Waals surface area contributed by atoms with Gasteiger partial charge in [-0.15, -0.1) is 0 Å². The molecule has 5 nitrogen and oxygen atoms in total. The number of anilines is 2. The van der Waals surface area contributed by atoms with Crippen LogP contribution >= 0.6 is 0 Å². The molecule has 33 heavy (non-hydrogen) atoms. The summed E-state index contributed by atoms with van der Waals surface area (Å²) in [7, 11) is -2.02. The second-order valence-corrected chi connectivity index (χ2v) is 10.6. The van der Waals surface area contributed by atoms with E-state index in [-0.39, 0.29) is 16.9 Å². The molecule has 0 amide bonds. The molecule has 0 spiro atoms. The van der Waals surface area contributed by atoms with E-state index in [2.05, 4.69) is 34.3 Å². The van der Waals surface area contributed by atoms with Gasteiger partial charge >= 0.3 is 0 Å². The van der Waals surface area contributed by atoms with Gasteiger partial charge in [-0.25, -0.2) is 8.42 Å². The second kappa shape index (κ2) is 8.27. The summed E-state index contributed by atoms with van der Waals surface area (Å²) in [5.41, 5.74) is 5.92. The molecule has 3 atom stereocenters. The molecule has 0 saturated carbocycles. The summed E-state index contributed by atoms with van der Waals surface area (Å²) in [5, 5.41) is 3.67. The molecule has 0 bridgehead atoms. The van der Waals surface area contributed by atoms with Gasteiger partial charge in [0.25, 0.3) is 10.0 Å². The minimum atomic E-state index is -3.70. The quantitative estimate of drug-likeness (QED) is 0.463. The van der Waals surface area contributed by atoms with Crippen LogP contribution in [0.15, 0.2) is 77.7 Å². The number of hydrogen-bond donors (Lipinski definition) is 2. The summed E-state index contributed by atoms with van der Waals surface area (Å²) in [6.07, 6.45) is 5.36. The van der Waals surface area contributed by atoms with E-state index in [0.717, 1.165) is 34.5 Å². The number of ether oxygens (including phenoxy) is 1. The van der Waals surface area contributed by atoms with Gasteiger partial charge in [0.15, 0.2) is 0 Å². The molecule has 0 aromatic heterocycles. The van der Waals surface area contributed by atoms with Crippen LogP contribution in [0.2, 0.25) is 0 Å². The van der Waals surface area contributed by atoms with Crippen LogP contribution in [0.4, 0.5) is 11.4 Å². The highest BCUT2D eigenvalue weighted by Crippen LogP contribution is 2.50. The Hall–Kier alpha value is -3.25. The van der Waals surface area contributed by atoms with Gasteiger partial charge in [0.1, 0.15) is 5.75 Å². The molecule has 0 radical (unpaired) electrons. The highest BCUT2D eigenvalue weighted by Gasteiger charge is 2.38. The third-order valence-corrected chi connectivity index (χ3v) is 8.24. The minimum absolute atomic E-state index is 0.128. The smallest absolute Gasteiger partial charge is 0.261 e. The molecule has 1 aliphatic carbocycles. The fourth-order valence-corrected chi connectivity index (χ4v) is 6.01. The minimum Gasteiger partial charge on any atom is -0.497 e. The number of methoxy groups -OCH3 is 1. The Kier molecular flexibility index (Phi) is 5.41. The lowest BCUT2D eigenvalue weighted by Crippen LogP contribution is -2.29. The molecule has 2 aliphatic rings. The first-order chi connectivity index (χ1) is 15.9. The van der Waals surface area contributed by atoms with Gasteiger partial charge in [-0.3, -0.25) is 4.72 Å². The predicted molar refractivity (Wildman–Crippen MR) is 133 cm³/mol. The summed E-state index contributed by atoms with van der Waals surface area (Å²) in [5.74, 6) is 1.31. The van der Waals surface area contributed by atoms with Gasteiger partial charge in [-0.2, -0.15) is 0 Å². The maximum absolute atomic E-state index is 13.2. The van der Waals surface area contributed by atoms with Crippen molar-refractivity contribution < 1.29 is 13.2 Å². The van der Waals surface area contributed by atoms with Crippen molar-refractivity contribution in [1.29, 1.82) is 0 Å². The van der Waals surface area contributed by atoms with E-state index < -0.39 is 10.0 Å². The normalized spacial score (nSPS) is 21.1. The van der Waals surface area contributed by atoms with Crippen molar-refractivity contribution in [3.05, 3.63) is 95.1 Å². The Morgan fingerprint density at radius 1 is 1.00 bits per heavy atom. The zero-order valence-electron chi connectivity index (χ0n) is 19.0. The van der Waals surface area contributed by atoms with E-state index in [1.165, 1.54) is 5.56 Å². The van der Waals surface area contributed by atoms with Crippen molar-refractivity contribution in [2.45, 2.75) is 37.1 Å². The molecule has 1 heterocycles. The maximum Gasteiger partial charge on any atom is 0.261 e. The van der Waals surface area contributed by atoms with Crippen LogP contribution in [0.1, 0.15) is 40.6 Å². The van der Waals surface area contributed by atoms with Gasteiger partial charge in [0.2, 0.25) is 0 Å². The number of fused-ring (bicyclic) bond motifs is 3. The highest BCUT2D eigenvalue weighted by atomic mass is 32.2. The lowest BCUT2D eigenvalue weighted by Gasteiger charge is -2.37. The summed E-state index contributed by atoms with van der Waals surface area (Å²) in [4.78, 5) is 0.278. The van der Waals surface area contributed by atoms with Crippen molar-refractivity contribution in [2.75, 3.05) is 17.1 Å². The number of benzene rings is 3. The zero-order valence-corrected chi connectivity index (χ0v) is 19.8. The van der Waals surface area contributed by atoms with Gasteiger partial charge < -0.3 is 10.1 Å². The molecule has 0 saturated heterocycles. The van der Waals surface area contributed by atoms with Gasteiger partial charge in [0, 0.05) is 17.3 Å². The first-order valence-corrected chi connectivity index (χ1v) is 12.7. The Balaban J connectivity index is 1.48. The lowest BCUT2D eigenvalue weighted by molar-refractivity contribution is 0.406. The largest absolute Gasteiger partial charge is 0.497 e. The molecule has 2 N–H and O–H groups in total. The molecular formula is C27H28N2O3S. The SMILES string of the molecule is COc1cccc([C@@H]2Nc3ccc(S(=O)(=O)Nc4ccc(C)c(C)c4)cc3C3C=CCC32)c1. The predicted octanol–water partition coefficient (Wildman–Crippen LogP) is 5.94. The average Bonchev–Trinajstić information content (AvgIpc) is 3.31. The standard InChI is InChI=1S/C27H28N2O3S/c1-17-10-11-20(14-18(17)2)29-33(30,31)22-12-13-26-25(16-22)23-8-5-9-24(23)27(28-26)19-6-4-7-21(15-19)32-3/h4-8,10-16,23-24,27-29H,9H2,1-3H3/t23?,24?,27-/m0/s1. The molecule has 2 unspecified atom stereocenters. The number of nitrogens with one attached hydrogen (secondary N) is 2. The van der Waals surface area contributed by atoms with Crippen LogP contribution < -0.4 is 14.8 Å². The summed E-state index contributed by atoms with van der Waals surface area (Å²) < 4.78 is 34.5. The fraction of sp³-hybridized carbons (Fsp3) is 0.259. The first kappa shape index (κ1) is 21.6. The number of hydrogen-bond acceptors (Lipinski definition) is 4. The van der Waals surface area contributed by atoms with Crippen molar-refractivity contribution in [3.8, 4) is 5.75 Å². The Labute approximate surface area is 195 Å². The van der Waals surface area contributed by atoms with Crippen LogP contribution in [-0.4, -0.2) is 15.5 Å². The molecule has 1 aliphatic heterocycles.